The number of hydrogen-bond acceptors (Lipinski definition) is 7. The first-order valence-corrected chi connectivity index (χ1v) is 10.7. The van der Waals surface area contributed by atoms with Gasteiger partial charge in [-0.05, 0) is 37.1 Å². The third kappa shape index (κ3) is 6.49. The molecule has 13 heteroatoms. The molecule has 0 unspecified atom stereocenters. The average molecular weight is 498 g/mol. The van der Waals surface area contributed by atoms with E-state index in [1.807, 2.05) is 0 Å². The second-order valence-corrected chi connectivity index (χ2v) is 7.77. The molecule has 1 aromatic carbocycles. The van der Waals surface area contributed by atoms with Crippen LogP contribution in [0.4, 0.5) is 43.9 Å². The molecule has 2 N–H and O–H groups in total. The zero-order valence-corrected chi connectivity index (χ0v) is 18.2. The molecule has 0 saturated carbocycles. The Kier molecular flexibility index (Phi) is 6.94. The second kappa shape index (κ2) is 9.92. The lowest BCUT2D eigenvalue weighted by atomic mass is 10.1. The first kappa shape index (κ1) is 24.5. The van der Waals surface area contributed by atoms with Gasteiger partial charge in [0.25, 0.3) is 0 Å². The lowest BCUT2D eigenvalue weighted by Gasteiger charge is -2.14. The Morgan fingerprint density at radius 2 is 1.54 bits per heavy atom. The van der Waals surface area contributed by atoms with E-state index in [4.69, 9.17) is 4.74 Å². The summed E-state index contributed by atoms with van der Waals surface area (Å²) in [6.45, 7) is 0.733. The number of nitrogens with zero attached hydrogens (tertiary/aromatic N) is 4. The van der Waals surface area contributed by atoms with Gasteiger partial charge in [-0.1, -0.05) is 18.9 Å². The molecular formula is C22H20F6N6O. The van der Waals surface area contributed by atoms with E-state index >= 15 is 0 Å². The predicted molar refractivity (Wildman–Crippen MR) is 115 cm³/mol. The van der Waals surface area contributed by atoms with Crippen LogP contribution in [-0.4, -0.2) is 33.1 Å². The molecule has 2 aromatic heterocycles. The Balaban J connectivity index is 1.77. The van der Waals surface area contributed by atoms with Gasteiger partial charge in [-0.25, -0.2) is 4.98 Å². The van der Waals surface area contributed by atoms with Gasteiger partial charge in [0.05, 0.1) is 12.2 Å². The van der Waals surface area contributed by atoms with Crippen molar-refractivity contribution in [1.29, 1.82) is 0 Å². The van der Waals surface area contributed by atoms with Crippen LogP contribution in [-0.2, 0) is 12.4 Å². The van der Waals surface area contributed by atoms with Crippen molar-refractivity contribution in [2.24, 2.45) is 0 Å². The quantitative estimate of drug-likeness (QED) is 0.394. The number of benzene rings is 1. The first-order chi connectivity index (χ1) is 16.6. The first-order valence-electron chi connectivity index (χ1n) is 10.7. The Morgan fingerprint density at radius 1 is 0.771 bits per heavy atom. The molecule has 0 atom stereocenters. The van der Waals surface area contributed by atoms with Crippen molar-refractivity contribution in [3.05, 3.63) is 47.7 Å². The van der Waals surface area contributed by atoms with E-state index in [2.05, 4.69) is 30.6 Å². The van der Waals surface area contributed by atoms with Crippen molar-refractivity contribution in [2.45, 2.75) is 38.0 Å². The number of alkyl halides is 6. The summed E-state index contributed by atoms with van der Waals surface area (Å²) in [7, 11) is 0. The summed E-state index contributed by atoms with van der Waals surface area (Å²) >= 11 is 0. The molecular weight excluding hydrogens is 478 g/mol. The highest BCUT2D eigenvalue weighted by Crippen LogP contribution is 2.35. The van der Waals surface area contributed by atoms with Crippen molar-refractivity contribution in [1.82, 2.24) is 19.9 Å². The van der Waals surface area contributed by atoms with E-state index in [1.165, 1.54) is 18.2 Å². The van der Waals surface area contributed by atoms with Crippen molar-refractivity contribution < 1.29 is 31.1 Å². The molecule has 1 aliphatic heterocycles. The van der Waals surface area contributed by atoms with Crippen LogP contribution in [0.15, 0.2) is 36.4 Å². The maximum atomic E-state index is 13.4. The van der Waals surface area contributed by atoms with E-state index in [0.717, 1.165) is 37.5 Å². The Morgan fingerprint density at radius 3 is 2.31 bits per heavy atom. The predicted octanol–water partition coefficient (Wildman–Crippen LogP) is 6.08. The third-order valence-electron chi connectivity index (χ3n) is 5.02. The summed E-state index contributed by atoms with van der Waals surface area (Å²) in [6, 6.07) is 6.42. The van der Waals surface area contributed by atoms with Crippen LogP contribution in [0.1, 0.15) is 36.9 Å². The fraction of sp³-hybridized carbons (Fsp3) is 0.364. The van der Waals surface area contributed by atoms with Gasteiger partial charge in [-0.15, -0.1) is 0 Å². The highest BCUT2D eigenvalue weighted by atomic mass is 19.4. The van der Waals surface area contributed by atoms with Crippen molar-refractivity contribution in [3.8, 4) is 17.3 Å². The molecule has 1 aliphatic rings. The molecule has 0 amide bonds. The van der Waals surface area contributed by atoms with E-state index in [1.54, 1.807) is 0 Å². The summed E-state index contributed by atoms with van der Waals surface area (Å²) in [5.41, 5.74) is -2.24. The molecule has 0 fully saturated rings. The SMILES string of the molecule is FC(F)(F)c1cc2cc(c1)OCCCCCCNc1nc(nc(-c3cccc(C(F)(F)F)n3)n1)N2. The Labute approximate surface area is 196 Å². The zero-order chi connectivity index (χ0) is 25.1. The van der Waals surface area contributed by atoms with Crippen LogP contribution in [0.25, 0.3) is 11.5 Å². The van der Waals surface area contributed by atoms with Crippen LogP contribution >= 0.6 is 0 Å². The summed E-state index contributed by atoms with van der Waals surface area (Å²) in [6.07, 6.45) is -6.27. The molecule has 0 saturated heterocycles. The van der Waals surface area contributed by atoms with Gasteiger partial charge in [0, 0.05) is 18.3 Å². The molecule has 0 spiro atoms. The van der Waals surface area contributed by atoms with Gasteiger partial charge in [0.15, 0.2) is 5.82 Å². The number of nitrogens with one attached hydrogen (secondary N) is 2. The largest absolute Gasteiger partial charge is 0.494 e. The summed E-state index contributed by atoms with van der Waals surface area (Å²) in [4.78, 5) is 16.0. The van der Waals surface area contributed by atoms with Gasteiger partial charge >= 0.3 is 12.4 Å². The molecule has 0 radical (unpaired) electrons. The number of anilines is 3. The molecule has 7 nitrogen and oxygen atoms in total. The highest BCUT2D eigenvalue weighted by molar-refractivity contribution is 5.61. The average Bonchev–Trinajstić information content (AvgIpc) is 2.79. The number of ether oxygens (including phenoxy) is 1. The lowest BCUT2D eigenvalue weighted by molar-refractivity contribution is -0.141. The number of halogens is 6. The molecule has 0 aliphatic carbocycles. The van der Waals surface area contributed by atoms with Crippen molar-refractivity contribution in [3.63, 3.8) is 0 Å². The topological polar surface area (TPSA) is 84.8 Å². The van der Waals surface area contributed by atoms with E-state index < -0.39 is 23.6 Å². The molecule has 3 heterocycles. The Hall–Kier alpha value is -3.64. The summed E-state index contributed by atoms with van der Waals surface area (Å²) in [5.74, 6) is -0.278. The summed E-state index contributed by atoms with van der Waals surface area (Å²) < 4.78 is 85.3. The van der Waals surface area contributed by atoms with Gasteiger partial charge in [-0.3, -0.25) is 0 Å². The van der Waals surface area contributed by atoms with E-state index in [-0.39, 0.29) is 41.5 Å². The fourth-order valence-corrected chi connectivity index (χ4v) is 3.36. The van der Waals surface area contributed by atoms with Crippen LogP contribution in [0.3, 0.4) is 0 Å². The van der Waals surface area contributed by atoms with E-state index in [9.17, 15) is 26.3 Å². The highest BCUT2D eigenvalue weighted by Gasteiger charge is 2.33. The minimum Gasteiger partial charge on any atom is -0.494 e. The van der Waals surface area contributed by atoms with Gasteiger partial charge in [0.1, 0.15) is 17.1 Å². The normalized spacial score (nSPS) is 15.1. The van der Waals surface area contributed by atoms with Crippen LogP contribution < -0.4 is 15.4 Å². The van der Waals surface area contributed by atoms with Crippen LogP contribution in [0, 0.1) is 0 Å². The monoisotopic (exact) mass is 498 g/mol. The standard InChI is InChI=1S/C22H20F6N6O/c23-21(24,25)13-10-14-12-15(11-13)35-9-4-2-1-3-8-29-19-32-18(33-20(30-14)34-19)16-6-5-7-17(31-16)22(26,27)28/h5-7,10-12H,1-4,8-9H2,(H2,29,30,32,33,34). The summed E-state index contributed by atoms with van der Waals surface area (Å²) in [5, 5.41) is 5.68. The van der Waals surface area contributed by atoms with Gasteiger partial charge in [-0.2, -0.15) is 41.3 Å². The van der Waals surface area contributed by atoms with Crippen LogP contribution in [0.5, 0.6) is 5.75 Å². The number of rotatable bonds is 1. The lowest BCUT2D eigenvalue weighted by Crippen LogP contribution is -2.12. The number of hydrogen-bond donors (Lipinski definition) is 2. The minimum atomic E-state index is -4.67. The van der Waals surface area contributed by atoms with Crippen molar-refractivity contribution in [2.75, 3.05) is 23.8 Å². The number of fused-ring (bicyclic) bond motifs is 4. The molecule has 186 valence electrons. The molecule has 3 aromatic rings. The van der Waals surface area contributed by atoms with E-state index in [0.29, 0.717) is 13.0 Å². The maximum Gasteiger partial charge on any atom is 0.433 e. The Bertz CT molecular complexity index is 1180. The van der Waals surface area contributed by atoms with Gasteiger partial charge in [0.2, 0.25) is 11.9 Å². The maximum absolute atomic E-state index is 13.4. The number of aromatic nitrogens is 4. The number of pyridine rings is 1. The second-order valence-electron chi connectivity index (χ2n) is 7.77. The third-order valence-corrected chi connectivity index (χ3v) is 5.02. The minimum absolute atomic E-state index is 0.00945. The molecule has 4 rings (SSSR count). The molecule has 35 heavy (non-hydrogen) atoms. The molecule has 4 bridgehead atoms. The fourth-order valence-electron chi connectivity index (χ4n) is 3.36. The van der Waals surface area contributed by atoms with Crippen LogP contribution in [0.2, 0.25) is 0 Å². The zero-order valence-electron chi connectivity index (χ0n) is 18.2. The smallest absolute Gasteiger partial charge is 0.433 e. The van der Waals surface area contributed by atoms with Gasteiger partial charge < -0.3 is 15.4 Å². The van der Waals surface area contributed by atoms with Crippen molar-refractivity contribution >= 4 is 17.6 Å².